The summed E-state index contributed by atoms with van der Waals surface area (Å²) in [6.45, 7) is 11.8. The highest BCUT2D eigenvalue weighted by Gasteiger charge is 2.34. The molecule has 0 aliphatic carbocycles. The zero-order chi connectivity index (χ0) is 21.9. The largest absolute Gasteiger partial charge is 0.354 e. The Kier molecular flexibility index (Phi) is 7.25. The van der Waals surface area contributed by atoms with Gasteiger partial charge in [-0.25, -0.2) is 8.42 Å². The van der Waals surface area contributed by atoms with E-state index in [9.17, 15) is 13.2 Å². The van der Waals surface area contributed by atoms with E-state index in [1.807, 2.05) is 26.0 Å². The van der Waals surface area contributed by atoms with Gasteiger partial charge >= 0.3 is 0 Å². The van der Waals surface area contributed by atoms with Gasteiger partial charge in [0.05, 0.1) is 4.90 Å². The Balaban J connectivity index is 1.54. The molecule has 7 heteroatoms. The Labute approximate surface area is 182 Å². The summed E-state index contributed by atoms with van der Waals surface area (Å²) in [7, 11) is -3.51. The zero-order valence-corrected chi connectivity index (χ0v) is 19.7. The first-order valence-electron chi connectivity index (χ1n) is 11.2. The number of amides is 1. The number of rotatable bonds is 6. The summed E-state index contributed by atoms with van der Waals surface area (Å²) in [5.41, 5.74) is 1.77. The number of hydrogen-bond acceptors (Lipinski definition) is 4. The number of carbonyl (C=O) groups excluding carboxylic acids is 1. The third kappa shape index (κ3) is 5.24. The first-order chi connectivity index (χ1) is 14.1. The van der Waals surface area contributed by atoms with Gasteiger partial charge in [-0.15, -0.1) is 0 Å². The molecule has 0 radical (unpaired) electrons. The molecular weight excluding hydrogens is 398 g/mol. The molecule has 0 spiro atoms. The van der Waals surface area contributed by atoms with Crippen LogP contribution in [0.3, 0.4) is 0 Å². The summed E-state index contributed by atoms with van der Waals surface area (Å²) >= 11 is 0. The van der Waals surface area contributed by atoms with Crippen LogP contribution < -0.4 is 5.32 Å². The first kappa shape index (κ1) is 23.2. The van der Waals surface area contributed by atoms with Crippen molar-refractivity contribution in [2.75, 3.05) is 32.7 Å². The van der Waals surface area contributed by atoms with Crippen LogP contribution in [0.25, 0.3) is 0 Å². The van der Waals surface area contributed by atoms with Crippen LogP contribution in [0.1, 0.15) is 57.1 Å². The Bertz CT molecular complexity index is 852. The number of piperidine rings is 2. The maximum Gasteiger partial charge on any atom is 0.243 e. The fraction of sp³-hybridized carbons (Fsp3) is 0.696. The molecule has 168 valence electrons. The molecule has 1 aromatic carbocycles. The van der Waals surface area contributed by atoms with E-state index in [1.54, 1.807) is 6.07 Å². The monoisotopic (exact) mass is 435 g/mol. The van der Waals surface area contributed by atoms with Gasteiger partial charge in [0.25, 0.3) is 0 Å². The highest BCUT2D eigenvalue weighted by atomic mass is 32.2. The SMILES string of the molecule is Cc1ccc(S(=O)(=O)N2CCC(C(=O)NCC(C)(C)N3CCCCC3)CC2)c(C)c1. The molecule has 2 aliphatic heterocycles. The van der Waals surface area contributed by atoms with Crippen molar-refractivity contribution in [3.05, 3.63) is 29.3 Å². The summed E-state index contributed by atoms with van der Waals surface area (Å²) < 4.78 is 27.6. The van der Waals surface area contributed by atoms with Crippen LogP contribution in [0.4, 0.5) is 0 Å². The van der Waals surface area contributed by atoms with Crippen LogP contribution >= 0.6 is 0 Å². The molecule has 0 bridgehead atoms. The van der Waals surface area contributed by atoms with Gasteiger partial charge in [0.1, 0.15) is 0 Å². The van der Waals surface area contributed by atoms with Crippen molar-refractivity contribution < 1.29 is 13.2 Å². The average molecular weight is 436 g/mol. The standard InChI is InChI=1S/C23H37N3O3S/c1-18-8-9-21(19(2)16-18)30(28,29)26-14-10-20(11-15-26)22(27)24-17-23(3,4)25-12-6-5-7-13-25/h8-9,16,20H,5-7,10-15,17H2,1-4H3,(H,24,27). The number of aryl methyl sites for hydroxylation is 2. The number of sulfonamides is 1. The van der Waals surface area contributed by atoms with Gasteiger partial charge in [-0.1, -0.05) is 24.1 Å². The Morgan fingerprint density at radius 3 is 2.30 bits per heavy atom. The highest BCUT2D eigenvalue weighted by molar-refractivity contribution is 7.89. The minimum atomic E-state index is -3.51. The van der Waals surface area contributed by atoms with Crippen molar-refractivity contribution in [2.45, 2.75) is 70.2 Å². The summed E-state index contributed by atoms with van der Waals surface area (Å²) in [6, 6.07) is 5.43. The number of nitrogens with zero attached hydrogens (tertiary/aromatic N) is 2. The molecule has 0 atom stereocenters. The van der Waals surface area contributed by atoms with Gasteiger partial charge < -0.3 is 5.32 Å². The molecule has 0 aromatic heterocycles. The van der Waals surface area contributed by atoms with Crippen LogP contribution in [-0.2, 0) is 14.8 Å². The third-order valence-electron chi connectivity index (χ3n) is 6.68. The second-order valence-electron chi connectivity index (χ2n) is 9.53. The fourth-order valence-corrected chi connectivity index (χ4v) is 6.32. The molecular formula is C23H37N3O3S. The number of carbonyl (C=O) groups is 1. The Hall–Kier alpha value is -1.44. The molecule has 1 N–H and O–H groups in total. The molecule has 2 aliphatic rings. The molecule has 2 heterocycles. The van der Waals surface area contributed by atoms with Crippen molar-refractivity contribution >= 4 is 15.9 Å². The second-order valence-corrected chi connectivity index (χ2v) is 11.4. The lowest BCUT2D eigenvalue weighted by molar-refractivity contribution is -0.126. The zero-order valence-electron chi connectivity index (χ0n) is 18.9. The van der Waals surface area contributed by atoms with Gasteiger partial charge in [0, 0.05) is 31.1 Å². The third-order valence-corrected chi connectivity index (χ3v) is 8.74. The van der Waals surface area contributed by atoms with Crippen molar-refractivity contribution in [3.63, 3.8) is 0 Å². The molecule has 3 rings (SSSR count). The minimum Gasteiger partial charge on any atom is -0.354 e. The molecule has 30 heavy (non-hydrogen) atoms. The van der Waals surface area contributed by atoms with E-state index in [0.29, 0.717) is 37.4 Å². The van der Waals surface area contributed by atoms with Crippen LogP contribution in [0.2, 0.25) is 0 Å². The molecule has 1 amide bonds. The lowest BCUT2D eigenvalue weighted by Crippen LogP contribution is -2.54. The van der Waals surface area contributed by atoms with Crippen molar-refractivity contribution in [1.82, 2.24) is 14.5 Å². The maximum atomic E-state index is 13.0. The van der Waals surface area contributed by atoms with E-state index in [2.05, 4.69) is 24.1 Å². The molecule has 6 nitrogen and oxygen atoms in total. The Morgan fingerprint density at radius 2 is 1.70 bits per heavy atom. The van der Waals surface area contributed by atoms with Gasteiger partial charge in [-0.05, 0) is 78.1 Å². The quantitative estimate of drug-likeness (QED) is 0.746. The summed E-state index contributed by atoms with van der Waals surface area (Å²) in [6.07, 6.45) is 4.89. The van der Waals surface area contributed by atoms with Crippen LogP contribution in [0, 0.1) is 19.8 Å². The molecule has 1 aromatic rings. The van der Waals surface area contributed by atoms with E-state index >= 15 is 0 Å². The van der Waals surface area contributed by atoms with Crippen LogP contribution in [-0.4, -0.2) is 61.8 Å². The normalized spacial score (nSPS) is 20.3. The van der Waals surface area contributed by atoms with Crippen molar-refractivity contribution in [3.8, 4) is 0 Å². The number of hydrogen-bond donors (Lipinski definition) is 1. The first-order valence-corrected chi connectivity index (χ1v) is 12.7. The number of likely N-dealkylation sites (tertiary alicyclic amines) is 1. The molecule has 0 unspecified atom stereocenters. The van der Waals surface area contributed by atoms with E-state index in [-0.39, 0.29) is 17.4 Å². The van der Waals surface area contributed by atoms with Crippen LogP contribution in [0.5, 0.6) is 0 Å². The van der Waals surface area contributed by atoms with E-state index in [1.165, 1.54) is 23.6 Å². The lowest BCUT2D eigenvalue weighted by atomic mass is 9.95. The smallest absolute Gasteiger partial charge is 0.243 e. The van der Waals surface area contributed by atoms with Crippen LogP contribution in [0.15, 0.2) is 23.1 Å². The highest BCUT2D eigenvalue weighted by Crippen LogP contribution is 2.27. The number of benzene rings is 1. The van der Waals surface area contributed by atoms with E-state index in [0.717, 1.165) is 24.2 Å². The van der Waals surface area contributed by atoms with Gasteiger partial charge in [-0.3, -0.25) is 9.69 Å². The van der Waals surface area contributed by atoms with Crippen molar-refractivity contribution in [1.29, 1.82) is 0 Å². The number of nitrogens with one attached hydrogen (secondary N) is 1. The lowest BCUT2D eigenvalue weighted by Gasteiger charge is -2.41. The maximum absolute atomic E-state index is 13.0. The van der Waals surface area contributed by atoms with E-state index in [4.69, 9.17) is 0 Å². The van der Waals surface area contributed by atoms with E-state index < -0.39 is 10.0 Å². The fourth-order valence-electron chi connectivity index (χ4n) is 4.64. The molecule has 0 saturated carbocycles. The summed E-state index contributed by atoms with van der Waals surface area (Å²) in [4.78, 5) is 15.6. The van der Waals surface area contributed by atoms with Crippen molar-refractivity contribution in [2.24, 2.45) is 5.92 Å². The predicted octanol–water partition coefficient (Wildman–Crippen LogP) is 3.08. The van der Waals surface area contributed by atoms with Gasteiger partial charge in [0.15, 0.2) is 0 Å². The predicted molar refractivity (Wildman–Crippen MR) is 120 cm³/mol. The summed E-state index contributed by atoms with van der Waals surface area (Å²) in [5, 5.41) is 3.14. The van der Waals surface area contributed by atoms with Gasteiger partial charge in [-0.2, -0.15) is 4.31 Å². The topological polar surface area (TPSA) is 69.7 Å². The molecule has 2 fully saturated rings. The Morgan fingerprint density at radius 1 is 1.07 bits per heavy atom. The molecule has 2 saturated heterocycles. The van der Waals surface area contributed by atoms with Gasteiger partial charge in [0.2, 0.25) is 15.9 Å². The average Bonchev–Trinajstić information content (AvgIpc) is 2.72. The minimum absolute atomic E-state index is 0.0525. The second kappa shape index (κ2) is 9.37. The summed E-state index contributed by atoms with van der Waals surface area (Å²) in [5.74, 6) is -0.0589.